The maximum Gasteiger partial charge on any atom is 0.417 e. The molecule has 184 valence electrons. The smallest absolute Gasteiger partial charge is 0.417 e. The van der Waals surface area contributed by atoms with E-state index in [2.05, 4.69) is 10.3 Å². The topological polar surface area (TPSA) is 77.5 Å². The van der Waals surface area contributed by atoms with Gasteiger partial charge >= 0.3 is 6.18 Å². The Morgan fingerprint density at radius 3 is 2.41 bits per heavy atom. The number of alkyl halides is 3. The number of ketones is 1. The molecule has 1 aromatic carbocycles. The number of amides is 1. The van der Waals surface area contributed by atoms with Crippen molar-refractivity contribution in [2.45, 2.75) is 44.6 Å². The van der Waals surface area contributed by atoms with Gasteiger partial charge in [-0.2, -0.15) is 17.6 Å². The van der Waals surface area contributed by atoms with E-state index in [9.17, 15) is 31.5 Å². The second kappa shape index (κ2) is 9.10. The Hall–Kier alpha value is -2.79. The fourth-order valence-electron chi connectivity index (χ4n) is 4.04. The van der Waals surface area contributed by atoms with Gasteiger partial charge in [0.1, 0.15) is 17.1 Å². The molecule has 34 heavy (non-hydrogen) atoms. The summed E-state index contributed by atoms with van der Waals surface area (Å²) in [6.07, 6.45) is -6.74. The molecular formula is C22H20ClF5N2O4. The molecule has 6 nitrogen and oxygen atoms in total. The normalized spacial score (nSPS) is 24.7. The fraction of sp³-hybridized carbons (Fsp3) is 0.409. The Morgan fingerprint density at radius 2 is 1.85 bits per heavy atom. The molecule has 4 atom stereocenters. The predicted molar refractivity (Wildman–Crippen MR) is 112 cm³/mol. The highest BCUT2D eigenvalue weighted by molar-refractivity contribution is 6.29. The first-order valence-corrected chi connectivity index (χ1v) is 10.4. The summed E-state index contributed by atoms with van der Waals surface area (Å²) in [5.41, 5.74) is -3.04. The lowest BCUT2D eigenvalue weighted by Gasteiger charge is -2.32. The van der Waals surface area contributed by atoms with Crippen LogP contribution >= 0.6 is 11.6 Å². The summed E-state index contributed by atoms with van der Waals surface area (Å²) in [5, 5.41) is 2.21. The summed E-state index contributed by atoms with van der Waals surface area (Å²) >= 11 is 5.84. The van der Waals surface area contributed by atoms with Crippen LogP contribution in [0.2, 0.25) is 5.15 Å². The minimum atomic E-state index is -4.91. The lowest BCUT2D eigenvalue weighted by atomic mass is 9.77. The lowest BCUT2D eigenvalue weighted by molar-refractivity contribution is -0.272. The van der Waals surface area contributed by atoms with Crippen LogP contribution in [-0.2, 0) is 9.53 Å². The quantitative estimate of drug-likeness (QED) is 0.338. The van der Waals surface area contributed by atoms with Crippen molar-refractivity contribution >= 4 is 29.1 Å². The van der Waals surface area contributed by atoms with E-state index in [1.54, 1.807) is 0 Å². The number of nitrogens with one attached hydrogen (secondary N) is 1. The summed E-state index contributed by atoms with van der Waals surface area (Å²) in [6, 6.07) is 4.37. The van der Waals surface area contributed by atoms with Crippen LogP contribution in [0.25, 0.3) is 0 Å². The number of benzene rings is 1. The first-order chi connectivity index (χ1) is 15.7. The third-order valence-electron chi connectivity index (χ3n) is 6.05. The monoisotopic (exact) mass is 506 g/mol. The first kappa shape index (κ1) is 25.8. The zero-order valence-corrected chi connectivity index (χ0v) is 19.1. The summed E-state index contributed by atoms with van der Waals surface area (Å²) in [4.78, 5) is 29.0. The van der Waals surface area contributed by atoms with Crippen LogP contribution in [0.4, 0.5) is 27.8 Å². The van der Waals surface area contributed by atoms with E-state index in [4.69, 9.17) is 21.1 Å². The van der Waals surface area contributed by atoms with Gasteiger partial charge in [0.2, 0.25) is 5.82 Å². The Morgan fingerprint density at radius 1 is 1.21 bits per heavy atom. The van der Waals surface area contributed by atoms with Gasteiger partial charge in [0.25, 0.3) is 5.91 Å². The number of carbonyl (C=O) groups is 2. The van der Waals surface area contributed by atoms with Gasteiger partial charge in [-0.3, -0.25) is 9.59 Å². The van der Waals surface area contributed by atoms with Crippen LogP contribution in [-0.4, -0.2) is 41.7 Å². The molecule has 0 aliphatic carbocycles. The number of Topliss-reactive ketones (excluding diaryl/α,β-unsaturated/α-hetero) is 1. The molecule has 0 saturated carbocycles. The molecule has 1 aromatic heterocycles. The van der Waals surface area contributed by atoms with E-state index in [0.717, 1.165) is 26.2 Å². The van der Waals surface area contributed by atoms with Crippen LogP contribution in [0.1, 0.15) is 42.6 Å². The average Bonchev–Trinajstić information content (AvgIpc) is 3.02. The second-order valence-electron chi connectivity index (χ2n) is 8.02. The largest absolute Gasteiger partial charge is 0.493 e. The zero-order chi connectivity index (χ0) is 25.6. The molecule has 0 unspecified atom stereocenters. The van der Waals surface area contributed by atoms with Gasteiger partial charge in [-0.15, -0.1) is 0 Å². The van der Waals surface area contributed by atoms with E-state index in [1.165, 1.54) is 26.0 Å². The van der Waals surface area contributed by atoms with Crippen molar-refractivity contribution in [3.05, 3.63) is 52.2 Å². The molecule has 12 heteroatoms. The van der Waals surface area contributed by atoms with Crippen molar-refractivity contribution in [2.24, 2.45) is 5.92 Å². The van der Waals surface area contributed by atoms with Crippen molar-refractivity contribution in [3.63, 3.8) is 0 Å². The molecular weight excluding hydrogens is 487 g/mol. The van der Waals surface area contributed by atoms with Crippen molar-refractivity contribution in [1.82, 2.24) is 4.98 Å². The van der Waals surface area contributed by atoms with Gasteiger partial charge in [-0.05, 0) is 32.0 Å². The first-order valence-electron chi connectivity index (χ1n) is 9.97. The molecule has 0 bridgehead atoms. The van der Waals surface area contributed by atoms with E-state index in [-0.39, 0.29) is 22.1 Å². The fourth-order valence-corrected chi connectivity index (χ4v) is 4.19. The standard InChI is InChI=1S/C22H20ClF5N2O4/c1-9-15(12-5-7-13(24)16(25)17(12)33-4)18(34-21(9,3)22(26,27)28)20(32)30-19-11(10(2)31)6-8-14(23)29-19/h5-9,15,18H,1-4H3,(H,29,30,32)/t9-,15-,18+,21+/m0/s1. The Kier molecular flexibility index (Phi) is 6.92. The van der Waals surface area contributed by atoms with Crippen molar-refractivity contribution < 1.29 is 41.0 Å². The number of aromatic nitrogens is 1. The van der Waals surface area contributed by atoms with Gasteiger partial charge in [0.15, 0.2) is 23.0 Å². The Balaban J connectivity index is 2.13. The number of nitrogens with zero attached hydrogens (tertiary/aromatic N) is 1. The van der Waals surface area contributed by atoms with E-state index in [1.807, 2.05) is 0 Å². The molecule has 3 rings (SSSR count). The highest BCUT2D eigenvalue weighted by Crippen LogP contribution is 2.55. The SMILES string of the molecule is COc1c([C@H]2[C@H](C(=O)Nc3nc(Cl)ccc3C(C)=O)O[C@@](C)(C(F)(F)F)[C@H]2C)ccc(F)c1F. The molecule has 1 amide bonds. The third kappa shape index (κ3) is 4.34. The predicted octanol–water partition coefficient (Wildman–Crippen LogP) is 5.30. The van der Waals surface area contributed by atoms with Gasteiger partial charge in [-0.1, -0.05) is 24.6 Å². The van der Waals surface area contributed by atoms with Crippen molar-refractivity contribution in [3.8, 4) is 5.75 Å². The van der Waals surface area contributed by atoms with Crippen LogP contribution in [0, 0.1) is 17.6 Å². The minimum absolute atomic E-state index is 0.0377. The zero-order valence-electron chi connectivity index (χ0n) is 18.4. The molecule has 2 aromatic rings. The number of hydrogen-bond donors (Lipinski definition) is 1. The average molecular weight is 507 g/mol. The number of pyridine rings is 1. The van der Waals surface area contributed by atoms with E-state index in [0.29, 0.717) is 0 Å². The van der Waals surface area contributed by atoms with Crippen LogP contribution in [0.3, 0.4) is 0 Å². The second-order valence-corrected chi connectivity index (χ2v) is 8.40. The molecule has 1 saturated heterocycles. The number of hydrogen-bond acceptors (Lipinski definition) is 5. The van der Waals surface area contributed by atoms with Crippen molar-refractivity contribution in [2.75, 3.05) is 12.4 Å². The van der Waals surface area contributed by atoms with Crippen molar-refractivity contribution in [1.29, 1.82) is 0 Å². The molecule has 1 N–H and O–H groups in total. The highest BCUT2D eigenvalue weighted by atomic mass is 35.5. The minimum Gasteiger partial charge on any atom is -0.493 e. The highest BCUT2D eigenvalue weighted by Gasteiger charge is 2.66. The summed E-state index contributed by atoms with van der Waals surface area (Å²) in [6.45, 7) is 3.15. The lowest BCUT2D eigenvalue weighted by Crippen LogP contribution is -2.47. The number of methoxy groups -OCH3 is 1. The molecule has 2 heterocycles. The summed E-state index contributed by atoms with van der Waals surface area (Å²) in [5.74, 6) is -8.03. The van der Waals surface area contributed by atoms with Gasteiger partial charge in [0, 0.05) is 17.4 Å². The van der Waals surface area contributed by atoms with Crippen LogP contribution in [0.5, 0.6) is 5.75 Å². The van der Waals surface area contributed by atoms with Gasteiger partial charge < -0.3 is 14.8 Å². The summed E-state index contributed by atoms with van der Waals surface area (Å²) in [7, 11) is 1.02. The number of ether oxygens (including phenoxy) is 2. The Labute approximate surface area is 196 Å². The number of halogens is 6. The van der Waals surface area contributed by atoms with Gasteiger partial charge in [0.05, 0.1) is 12.7 Å². The van der Waals surface area contributed by atoms with E-state index >= 15 is 0 Å². The molecule has 1 fully saturated rings. The maximum atomic E-state index is 14.4. The number of anilines is 1. The van der Waals surface area contributed by atoms with Crippen LogP contribution in [0.15, 0.2) is 24.3 Å². The van der Waals surface area contributed by atoms with Crippen LogP contribution < -0.4 is 10.1 Å². The van der Waals surface area contributed by atoms with E-state index < -0.39 is 58.8 Å². The number of rotatable bonds is 5. The number of carbonyl (C=O) groups excluding carboxylic acids is 2. The van der Waals surface area contributed by atoms with Gasteiger partial charge in [-0.25, -0.2) is 9.37 Å². The molecule has 1 aliphatic rings. The maximum absolute atomic E-state index is 14.4. The Bertz CT molecular complexity index is 1140. The third-order valence-corrected chi connectivity index (χ3v) is 6.26. The molecule has 1 aliphatic heterocycles. The molecule has 0 spiro atoms. The molecule has 0 radical (unpaired) electrons. The summed E-state index contributed by atoms with van der Waals surface area (Å²) < 4.78 is 80.4.